The van der Waals surface area contributed by atoms with Crippen molar-refractivity contribution in [2.45, 2.75) is 17.6 Å². The topological polar surface area (TPSA) is 72.2 Å². The zero-order valence-electron chi connectivity index (χ0n) is 13.8. The van der Waals surface area contributed by atoms with E-state index in [1.54, 1.807) is 30.3 Å². The van der Waals surface area contributed by atoms with Crippen molar-refractivity contribution in [2.24, 2.45) is 0 Å². The molecule has 3 aromatic rings. The van der Waals surface area contributed by atoms with E-state index < -0.39 is 11.5 Å². The number of benzene rings is 2. The van der Waals surface area contributed by atoms with Crippen LogP contribution in [0.1, 0.15) is 21.6 Å². The van der Waals surface area contributed by atoms with Crippen molar-refractivity contribution in [3.8, 4) is 5.69 Å². The number of rotatable bonds is 5. The number of nitrogens with zero attached hydrogens (tertiary/aromatic N) is 2. The Morgan fingerprint density at radius 3 is 2.54 bits per heavy atom. The van der Waals surface area contributed by atoms with Gasteiger partial charge in [0.15, 0.2) is 5.69 Å². The maximum Gasteiger partial charge on any atom is 0.357 e. The molecule has 0 amide bonds. The van der Waals surface area contributed by atoms with Crippen LogP contribution in [-0.4, -0.2) is 20.9 Å². The third-order valence-electron chi connectivity index (χ3n) is 3.72. The molecule has 0 aliphatic carbocycles. The lowest BCUT2D eigenvalue weighted by atomic mass is 10.2. The van der Waals surface area contributed by atoms with Crippen LogP contribution in [-0.2, 0) is 5.75 Å². The normalized spacial score (nSPS) is 10.7. The molecule has 0 radical (unpaired) electrons. The molecule has 0 aliphatic rings. The minimum Gasteiger partial charge on any atom is -0.476 e. The molecule has 0 aliphatic heterocycles. The summed E-state index contributed by atoms with van der Waals surface area (Å²) in [4.78, 5) is 24.2. The Morgan fingerprint density at radius 1 is 1.19 bits per heavy atom. The summed E-state index contributed by atoms with van der Waals surface area (Å²) in [6.07, 6.45) is 0. The lowest BCUT2D eigenvalue weighted by Gasteiger charge is -2.10. The molecule has 0 atom stereocenters. The number of carboxylic acid groups (broad SMARTS) is 1. The highest BCUT2D eigenvalue weighted by Gasteiger charge is 2.17. The van der Waals surface area contributed by atoms with Crippen molar-refractivity contribution in [2.75, 3.05) is 0 Å². The fourth-order valence-electron chi connectivity index (χ4n) is 2.34. The summed E-state index contributed by atoms with van der Waals surface area (Å²) < 4.78 is 14.8. The average molecular weight is 370 g/mol. The predicted octanol–water partition coefficient (Wildman–Crippen LogP) is 3.67. The number of aryl methyl sites for hydroxylation is 1. The molecule has 26 heavy (non-hydrogen) atoms. The Morgan fingerprint density at radius 2 is 1.88 bits per heavy atom. The summed E-state index contributed by atoms with van der Waals surface area (Å²) in [5.74, 6) is -1.43. The molecule has 3 rings (SSSR count). The van der Waals surface area contributed by atoms with Gasteiger partial charge in [0, 0.05) is 16.7 Å². The highest BCUT2D eigenvalue weighted by Crippen LogP contribution is 2.25. The van der Waals surface area contributed by atoms with Gasteiger partial charge >= 0.3 is 5.97 Å². The van der Waals surface area contributed by atoms with Crippen LogP contribution in [0.5, 0.6) is 0 Å². The molecule has 5 nitrogen and oxygen atoms in total. The van der Waals surface area contributed by atoms with Crippen LogP contribution >= 0.6 is 11.8 Å². The SMILES string of the molecule is Cc1ccc(-n2nc(C(=O)O)c(SCc3ccccc3F)cc2=O)cc1. The second-order valence-corrected chi connectivity index (χ2v) is 6.65. The molecule has 0 saturated heterocycles. The van der Waals surface area contributed by atoms with Crippen molar-refractivity contribution in [1.82, 2.24) is 9.78 Å². The van der Waals surface area contributed by atoms with E-state index in [9.17, 15) is 19.1 Å². The molecule has 1 N–H and O–H groups in total. The Bertz CT molecular complexity index is 1020. The van der Waals surface area contributed by atoms with Gasteiger partial charge < -0.3 is 5.11 Å². The first-order valence-corrected chi connectivity index (χ1v) is 8.75. The van der Waals surface area contributed by atoms with E-state index in [1.807, 2.05) is 19.1 Å². The van der Waals surface area contributed by atoms with Crippen LogP contribution in [0.4, 0.5) is 4.39 Å². The van der Waals surface area contributed by atoms with Crippen molar-refractivity contribution in [1.29, 1.82) is 0 Å². The van der Waals surface area contributed by atoms with Gasteiger partial charge in [-0.1, -0.05) is 35.9 Å². The molecule has 0 saturated carbocycles. The van der Waals surface area contributed by atoms with Crippen LogP contribution in [0.25, 0.3) is 5.69 Å². The van der Waals surface area contributed by atoms with Crippen molar-refractivity contribution < 1.29 is 14.3 Å². The predicted molar refractivity (Wildman–Crippen MR) is 97.5 cm³/mol. The van der Waals surface area contributed by atoms with E-state index in [4.69, 9.17) is 0 Å². The molecule has 132 valence electrons. The summed E-state index contributed by atoms with van der Waals surface area (Å²) in [5.41, 5.74) is 1.23. The molecule has 1 aromatic heterocycles. The number of thioether (sulfide) groups is 1. The Labute approximate surface area is 153 Å². The molecular formula is C19H15FN2O3S. The fourth-order valence-corrected chi connectivity index (χ4v) is 3.33. The Kier molecular flexibility index (Phi) is 5.18. The maximum absolute atomic E-state index is 13.7. The minimum atomic E-state index is -1.25. The van der Waals surface area contributed by atoms with E-state index >= 15 is 0 Å². The third-order valence-corrected chi connectivity index (χ3v) is 4.80. The van der Waals surface area contributed by atoms with Crippen molar-refractivity contribution >= 4 is 17.7 Å². The lowest BCUT2D eigenvalue weighted by molar-refractivity contribution is 0.0684. The number of carboxylic acids is 1. The van der Waals surface area contributed by atoms with E-state index in [2.05, 4.69) is 5.10 Å². The number of aromatic carboxylic acids is 1. The first kappa shape index (κ1) is 17.9. The lowest BCUT2D eigenvalue weighted by Crippen LogP contribution is -2.24. The Hall–Kier alpha value is -2.93. The van der Waals surface area contributed by atoms with Crippen LogP contribution < -0.4 is 5.56 Å². The second kappa shape index (κ2) is 7.53. The zero-order chi connectivity index (χ0) is 18.7. The third kappa shape index (κ3) is 3.83. The first-order chi connectivity index (χ1) is 12.5. The number of hydrogen-bond acceptors (Lipinski definition) is 4. The van der Waals surface area contributed by atoms with E-state index in [-0.39, 0.29) is 22.2 Å². The highest BCUT2D eigenvalue weighted by molar-refractivity contribution is 7.98. The maximum atomic E-state index is 13.7. The second-order valence-electron chi connectivity index (χ2n) is 5.63. The fraction of sp³-hybridized carbons (Fsp3) is 0.105. The number of halogens is 1. The number of aromatic nitrogens is 2. The van der Waals surface area contributed by atoms with Crippen LogP contribution in [0.15, 0.2) is 64.3 Å². The standard InChI is InChI=1S/C19H15FN2O3S/c1-12-6-8-14(9-7-12)22-17(23)10-16(18(21-22)19(24)25)26-11-13-4-2-3-5-15(13)20/h2-10H,11H2,1H3,(H,24,25). The van der Waals surface area contributed by atoms with E-state index in [1.165, 1.54) is 12.1 Å². The summed E-state index contributed by atoms with van der Waals surface area (Å²) in [6.45, 7) is 1.91. The van der Waals surface area contributed by atoms with Gasteiger partial charge in [-0.05, 0) is 30.7 Å². The first-order valence-electron chi connectivity index (χ1n) is 7.76. The van der Waals surface area contributed by atoms with Gasteiger partial charge in [0.05, 0.1) is 5.69 Å². The summed E-state index contributed by atoms with van der Waals surface area (Å²) in [5, 5.41) is 13.5. The summed E-state index contributed by atoms with van der Waals surface area (Å²) in [7, 11) is 0. The van der Waals surface area contributed by atoms with Crippen LogP contribution in [0.2, 0.25) is 0 Å². The molecule has 1 heterocycles. The van der Waals surface area contributed by atoms with Gasteiger partial charge in [-0.2, -0.15) is 9.78 Å². The van der Waals surface area contributed by atoms with E-state index in [0.717, 1.165) is 22.0 Å². The highest BCUT2D eigenvalue weighted by atomic mass is 32.2. The van der Waals surface area contributed by atoms with Crippen LogP contribution in [0, 0.1) is 12.7 Å². The van der Waals surface area contributed by atoms with Gasteiger partial charge in [0.25, 0.3) is 5.56 Å². The summed E-state index contributed by atoms with van der Waals surface area (Å²) in [6, 6.07) is 14.5. The zero-order valence-corrected chi connectivity index (χ0v) is 14.7. The number of hydrogen-bond donors (Lipinski definition) is 1. The largest absolute Gasteiger partial charge is 0.476 e. The van der Waals surface area contributed by atoms with Gasteiger partial charge in [-0.25, -0.2) is 9.18 Å². The molecule has 0 unspecified atom stereocenters. The molecule has 0 fully saturated rings. The Balaban J connectivity index is 1.97. The molecular weight excluding hydrogens is 355 g/mol. The number of carbonyl (C=O) groups is 1. The monoisotopic (exact) mass is 370 g/mol. The quantitative estimate of drug-likeness (QED) is 0.694. The average Bonchev–Trinajstić information content (AvgIpc) is 2.62. The van der Waals surface area contributed by atoms with Gasteiger partial charge in [-0.3, -0.25) is 4.79 Å². The van der Waals surface area contributed by atoms with Gasteiger partial charge in [-0.15, -0.1) is 11.8 Å². The molecule has 0 spiro atoms. The molecule has 0 bridgehead atoms. The van der Waals surface area contributed by atoms with Crippen LogP contribution in [0.3, 0.4) is 0 Å². The molecule has 2 aromatic carbocycles. The smallest absolute Gasteiger partial charge is 0.357 e. The molecule has 7 heteroatoms. The van der Waals surface area contributed by atoms with Gasteiger partial charge in [0.2, 0.25) is 0 Å². The minimum absolute atomic E-state index is 0.197. The summed E-state index contributed by atoms with van der Waals surface area (Å²) >= 11 is 1.07. The van der Waals surface area contributed by atoms with Gasteiger partial charge in [0.1, 0.15) is 5.82 Å². The van der Waals surface area contributed by atoms with E-state index in [0.29, 0.717) is 11.3 Å². The van der Waals surface area contributed by atoms with Crippen molar-refractivity contribution in [3.05, 3.63) is 87.6 Å². The van der Waals surface area contributed by atoms with Crippen molar-refractivity contribution in [3.63, 3.8) is 0 Å².